The number of aromatic nitrogens is 4. The molecule has 48 heavy (non-hydrogen) atoms. The van der Waals surface area contributed by atoms with Crippen LogP contribution in [0.25, 0.3) is 32.0 Å². The third-order valence-corrected chi connectivity index (χ3v) is 12.1. The van der Waals surface area contributed by atoms with Crippen LogP contribution in [0.4, 0.5) is 5.82 Å². The second kappa shape index (κ2) is 11.9. The molecule has 0 radical (unpaired) electrons. The fraction of sp³-hybridized carbons (Fsp3) is 0.432. The largest absolute Gasteiger partial charge is 0.496 e. The van der Waals surface area contributed by atoms with Crippen molar-refractivity contribution in [2.24, 2.45) is 5.92 Å². The summed E-state index contributed by atoms with van der Waals surface area (Å²) in [6, 6.07) is 10.5. The number of rotatable bonds is 8. The summed E-state index contributed by atoms with van der Waals surface area (Å²) in [5, 5.41) is 11.6. The molecule has 2 atom stereocenters. The molecule has 4 aromatic heterocycles. The zero-order chi connectivity index (χ0) is 32.4. The van der Waals surface area contributed by atoms with Crippen LogP contribution in [0.2, 0.25) is 0 Å². The van der Waals surface area contributed by atoms with Crippen LogP contribution in [0, 0.1) is 5.92 Å². The van der Waals surface area contributed by atoms with Crippen molar-refractivity contribution in [2.45, 2.75) is 82.7 Å². The van der Waals surface area contributed by atoms with Crippen LogP contribution in [-0.2, 0) is 12.8 Å². The predicted octanol–water partition coefficient (Wildman–Crippen LogP) is 7.61. The summed E-state index contributed by atoms with van der Waals surface area (Å²) in [6.07, 6.45) is 13.7. The number of aromatic amines is 1. The molecule has 2 fully saturated rings. The lowest BCUT2D eigenvalue weighted by Gasteiger charge is -2.22. The summed E-state index contributed by atoms with van der Waals surface area (Å²) in [7, 11) is 1.72. The molecule has 4 aliphatic rings. The third-order valence-electron chi connectivity index (χ3n) is 10.9. The highest BCUT2D eigenvalue weighted by atomic mass is 32.1. The Kier molecular flexibility index (Phi) is 7.33. The molecule has 6 heterocycles. The lowest BCUT2D eigenvalue weighted by Crippen LogP contribution is -2.22. The molecule has 9 rings (SSSR count). The van der Waals surface area contributed by atoms with Crippen LogP contribution < -0.4 is 15.8 Å². The van der Waals surface area contributed by atoms with Gasteiger partial charge in [0.1, 0.15) is 11.6 Å². The average Bonchev–Trinajstić information content (AvgIpc) is 3.95. The molecular formula is C37H38N6O4S. The van der Waals surface area contributed by atoms with Crippen molar-refractivity contribution < 1.29 is 13.9 Å². The summed E-state index contributed by atoms with van der Waals surface area (Å²) in [5.74, 6) is 1.95. The van der Waals surface area contributed by atoms with Gasteiger partial charge in [-0.15, -0.1) is 16.4 Å². The lowest BCUT2D eigenvalue weighted by atomic mass is 9.84. The number of nitrogens with one attached hydrogen (secondary N) is 2. The normalized spacial score (nSPS) is 20.4. The molecular weight excluding hydrogens is 625 g/mol. The number of anilines is 1. The van der Waals surface area contributed by atoms with Crippen LogP contribution in [0.1, 0.15) is 103 Å². The minimum Gasteiger partial charge on any atom is -0.496 e. The van der Waals surface area contributed by atoms with Crippen LogP contribution in [-0.4, -0.2) is 44.6 Å². The van der Waals surface area contributed by atoms with Gasteiger partial charge in [0.2, 0.25) is 0 Å². The number of amides is 1. The molecule has 2 aliphatic carbocycles. The minimum atomic E-state index is -0.623. The summed E-state index contributed by atoms with van der Waals surface area (Å²) in [6.45, 7) is 0.724. The Morgan fingerprint density at radius 1 is 1.06 bits per heavy atom. The summed E-state index contributed by atoms with van der Waals surface area (Å²) >= 11 is 1.61. The standard InChI is InChI=1S/C37H38N6O4S/c1-46-27-11-5-9-22-23(27)13-15-24(22)40-34-33-21(16-17-38-34)19-28(48-33)30-29(35-41-42-37(45)47-35)25(14-12-20-7-3-2-4-8-20)39-32-26-10-6-18-43(26)36(44)31(30)32/h5,9,11,16-17,19-20,24,26H,2-4,6-8,10,12-15,18H2,1H3,(H,38,40)(H,42,45). The Bertz CT molecular complexity index is 2110. The average molecular weight is 663 g/mol. The van der Waals surface area contributed by atoms with E-state index in [-0.39, 0.29) is 23.9 Å². The molecule has 10 nitrogen and oxygen atoms in total. The number of thiophene rings is 1. The van der Waals surface area contributed by atoms with Gasteiger partial charge in [0.25, 0.3) is 11.8 Å². The number of nitrogens with zero attached hydrogens (tertiary/aromatic N) is 4. The molecule has 2 aliphatic heterocycles. The Morgan fingerprint density at radius 3 is 2.79 bits per heavy atom. The molecule has 2 N–H and O–H groups in total. The van der Waals surface area contributed by atoms with Gasteiger partial charge in [-0.2, -0.15) is 0 Å². The molecule has 246 valence electrons. The van der Waals surface area contributed by atoms with Crippen LogP contribution in [0.5, 0.6) is 5.75 Å². The quantitative estimate of drug-likeness (QED) is 0.174. The highest BCUT2D eigenvalue weighted by Gasteiger charge is 2.45. The zero-order valence-electron chi connectivity index (χ0n) is 27.0. The van der Waals surface area contributed by atoms with E-state index >= 15 is 0 Å². The lowest BCUT2D eigenvalue weighted by molar-refractivity contribution is 0.0776. The van der Waals surface area contributed by atoms with Crippen LogP contribution in [0.15, 0.2) is 45.7 Å². The Hall–Kier alpha value is -4.51. The molecule has 11 heteroatoms. The number of carbonyl (C=O) groups excluding carboxylic acids is 1. The van der Waals surface area contributed by atoms with Crippen molar-refractivity contribution in [3.05, 3.63) is 75.2 Å². The number of fused-ring (bicyclic) bond motifs is 5. The van der Waals surface area contributed by atoms with Gasteiger partial charge >= 0.3 is 5.76 Å². The van der Waals surface area contributed by atoms with Gasteiger partial charge in [-0.05, 0) is 79.2 Å². The number of hydrogen-bond acceptors (Lipinski definition) is 9. The van der Waals surface area contributed by atoms with Gasteiger partial charge in [0, 0.05) is 23.2 Å². The van der Waals surface area contributed by atoms with Crippen LogP contribution in [0.3, 0.4) is 0 Å². The van der Waals surface area contributed by atoms with Gasteiger partial charge in [0.05, 0.1) is 46.4 Å². The number of benzene rings is 1. The first-order chi connectivity index (χ1) is 23.6. The smallest absolute Gasteiger partial charge is 0.434 e. The maximum absolute atomic E-state index is 14.2. The van der Waals surface area contributed by atoms with Crippen LogP contribution >= 0.6 is 11.3 Å². The number of methoxy groups -OCH3 is 1. The van der Waals surface area contributed by atoms with Crippen molar-refractivity contribution in [3.63, 3.8) is 0 Å². The molecule has 1 aromatic carbocycles. The first-order valence-corrected chi connectivity index (χ1v) is 18.1. The first kappa shape index (κ1) is 29.6. The van der Waals surface area contributed by atoms with Crippen molar-refractivity contribution in [3.8, 4) is 27.6 Å². The van der Waals surface area contributed by atoms with Gasteiger partial charge in [0.15, 0.2) is 0 Å². The van der Waals surface area contributed by atoms with E-state index in [0.717, 1.165) is 88.6 Å². The Balaban J connectivity index is 1.19. The monoisotopic (exact) mass is 662 g/mol. The van der Waals surface area contributed by atoms with E-state index in [4.69, 9.17) is 19.1 Å². The van der Waals surface area contributed by atoms with E-state index in [0.29, 0.717) is 17.0 Å². The first-order valence-electron chi connectivity index (χ1n) is 17.3. The second-order valence-corrected chi connectivity index (χ2v) is 14.7. The summed E-state index contributed by atoms with van der Waals surface area (Å²) in [4.78, 5) is 39.5. The van der Waals surface area contributed by atoms with E-state index in [9.17, 15) is 9.59 Å². The van der Waals surface area contributed by atoms with Gasteiger partial charge in [-0.3, -0.25) is 9.78 Å². The maximum Gasteiger partial charge on any atom is 0.434 e. The molecule has 0 bridgehead atoms. The number of ether oxygens (including phenoxy) is 1. The fourth-order valence-corrected chi connectivity index (χ4v) is 9.84. The predicted molar refractivity (Wildman–Crippen MR) is 185 cm³/mol. The molecule has 1 saturated carbocycles. The highest BCUT2D eigenvalue weighted by molar-refractivity contribution is 7.23. The maximum atomic E-state index is 14.2. The number of pyridine rings is 2. The van der Waals surface area contributed by atoms with E-state index in [1.165, 1.54) is 43.2 Å². The van der Waals surface area contributed by atoms with Crippen molar-refractivity contribution in [1.29, 1.82) is 0 Å². The van der Waals surface area contributed by atoms with Crippen molar-refractivity contribution >= 4 is 33.1 Å². The number of carbonyl (C=O) groups is 1. The third kappa shape index (κ3) is 4.84. The molecule has 1 amide bonds. The number of H-pyrrole nitrogens is 1. The van der Waals surface area contributed by atoms with E-state index < -0.39 is 5.76 Å². The molecule has 2 unspecified atom stereocenters. The minimum absolute atomic E-state index is 0.00148. The highest BCUT2D eigenvalue weighted by Crippen LogP contribution is 2.51. The topological polar surface area (TPSA) is 126 Å². The van der Waals surface area contributed by atoms with E-state index in [1.54, 1.807) is 18.4 Å². The second-order valence-electron chi connectivity index (χ2n) is 13.6. The zero-order valence-corrected chi connectivity index (χ0v) is 27.8. The number of aryl methyl sites for hydroxylation is 1. The van der Waals surface area contributed by atoms with Crippen molar-refractivity contribution in [2.75, 3.05) is 19.0 Å². The SMILES string of the molecule is COc1cccc2c1CCC2Nc1nccc2cc(-c3c4c(nc(CCC5CCCCC5)c3-c3n[nH]c(=O)o3)C3CCCN3C4=O)sc12. The molecule has 0 spiro atoms. The van der Waals surface area contributed by atoms with E-state index in [1.807, 2.05) is 29.3 Å². The molecule has 1 saturated heterocycles. The number of hydrogen-bond donors (Lipinski definition) is 2. The summed E-state index contributed by atoms with van der Waals surface area (Å²) < 4.78 is 12.3. The fourth-order valence-electron chi connectivity index (χ4n) is 8.68. The van der Waals surface area contributed by atoms with Gasteiger partial charge < -0.3 is 19.4 Å². The summed E-state index contributed by atoms with van der Waals surface area (Å²) in [5.41, 5.74) is 6.25. The Labute approximate surface area is 281 Å². The Morgan fingerprint density at radius 2 is 1.96 bits per heavy atom. The van der Waals surface area contributed by atoms with E-state index in [2.05, 4.69) is 27.6 Å². The van der Waals surface area contributed by atoms with Gasteiger partial charge in [-0.1, -0.05) is 44.2 Å². The van der Waals surface area contributed by atoms with Gasteiger partial charge in [-0.25, -0.2) is 14.9 Å². The van der Waals surface area contributed by atoms with Crippen molar-refractivity contribution in [1.82, 2.24) is 25.1 Å². The molecule has 5 aromatic rings.